The van der Waals surface area contributed by atoms with Gasteiger partial charge in [0.15, 0.2) is 0 Å². The average molecular weight is 412 g/mol. The maximum absolute atomic E-state index is 13.4. The highest BCUT2D eigenvalue weighted by Gasteiger charge is 2.25. The van der Waals surface area contributed by atoms with E-state index in [4.69, 9.17) is 9.47 Å². The zero-order chi connectivity index (χ0) is 20.9. The van der Waals surface area contributed by atoms with Crippen LogP contribution in [-0.2, 0) is 23.1 Å². The van der Waals surface area contributed by atoms with Crippen LogP contribution in [-0.4, -0.2) is 26.9 Å². The summed E-state index contributed by atoms with van der Waals surface area (Å²) in [6.45, 7) is 2.40. The predicted molar refractivity (Wildman–Crippen MR) is 114 cm³/mol. The molecule has 29 heavy (non-hydrogen) atoms. The maximum atomic E-state index is 13.4. The fourth-order valence-corrected chi connectivity index (χ4v) is 4.54. The van der Waals surface area contributed by atoms with Crippen LogP contribution in [0.5, 0.6) is 11.5 Å². The first-order valence-corrected chi connectivity index (χ1v) is 10.7. The molecule has 0 heterocycles. The smallest absolute Gasteiger partial charge is 0.243 e. The molecule has 0 aliphatic carbocycles. The largest absolute Gasteiger partial charge is 0.497 e. The van der Waals surface area contributed by atoms with E-state index in [1.54, 1.807) is 32.4 Å². The lowest BCUT2D eigenvalue weighted by atomic mass is 10.2. The molecule has 6 heteroatoms. The second-order valence-electron chi connectivity index (χ2n) is 6.79. The van der Waals surface area contributed by atoms with Gasteiger partial charge in [0.25, 0.3) is 0 Å². The van der Waals surface area contributed by atoms with E-state index in [0.29, 0.717) is 4.90 Å². The highest BCUT2D eigenvalue weighted by molar-refractivity contribution is 7.89. The normalized spacial score (nSPS) is 11.4. The van der Waals surface area contributed by atoms with Gasteiger partial charge in [-0.1, -0.05) is 36.4 Å². The van der Waals surface area contributed by atoms with Crippen molar-refractivity contribution in [3.05, 3.63) is 89.5 Å². The summed E-state index contributed by atoms with van der Waals surface area (Å²) in [6.07, 6.45) is 0. The number of methoxy groups -OCH3 is 2. The summed E-state index contributed by atoms with van der Waals surface area (Å²) in [7, 11) is -0.472. The molecule has 0 spiro atoms. The standard InChI is InChI=1S/C23H25NO4S/c1-18-5-4-6-23(15-18)29(25,26)24(16-19-7-11-21(27-2)12-8-19)17-20-9-13-22(28-3)14-10-20/h4-15H,16-17H2,1-3H3. The topological polar surface area (TPSA) is 55.8 Å². The summed E-state index contributed by atoms with van der Waals surface area (Å²) >= 11 is 0. The SMILES string of the molecule is COc1ccc(CN(Cc2ccc(OC)cc2)S(=O)(=O)c2cccc(C)c2)cc1. The lowest BCUT2D eigenvalue weighted by molar-refractivity contribution is 0.397. The first-order chi connectivity index (χ1) is 13.9. The molecule has 0 atom stereocenters. The Balaban J connectivity index is 1.94. The first kappa shape index (κ1) is 20.9. The van der Waals surface area contributed by atoms with Crippen molar-refractivity contribution >= 4 is 10.0 Å². The van der Waals surface area contributed by atoms with Crippen LogP contribution in [0.15, 0.2) is 77.7 Å². The molecule has 0 aromatic heterocycles. The Morgan fingerprint density at radius 3 is 1.66 bits per heavy atom. The van der Waals surface area contributed by atoms with Crippen LogP contribution in [0.25, 0.3) is 0 Å². The van der Waals surface area contributed by atoms with E-state index in [1.165, 1.54) is 4.31 Å². The number of nitrogens with zero attached hydrogens (tertiary/aromatic N) is 1. The van der Waals surface area contributed by atoms with Gasteiger partial charge in [0.1, 0.15) is 11.5 Å². The van der Waals surface area contributed by atoms with Crippen molar-refractivity contribution in [1.82, 2.24) is 4.31 Å². The lowest BCUT2D eigenvalue weighted by Gasteiger charge is -2.23. The van der Waals surface area contributed by atoms with Crippen LogP contribution in [0.3, 0.4) is 0 Å². The Kier molecular flexibility index (Phi) is 6.56. The fraction of sp³-hybridized carbons (Fsp3) is 0.217. The molecular formula is C23H25NO4S. The number of hydrogen-bond acceptors (Lipinski definition) is 4. The third kappa shape index (κ3) is 5.16. The van der Waals surface area contributed by atoms with Crippen molar-refractivity contribution in [2.75, 3.05) is 14.2 Å². The summed E-state index contributed by atoms with van der Waals surface area (Å²) in [6, 6.07) is 21.8. The van der Waals surface area contributed by atoms with Gasteiger partial charge in [0.05, 0.1) is 19.1 Å². The molecule has 0 saturated heterocycles. The van der Waals surface area contributed by atoms with E-state index in [2.05, 4.69) is 0 Å². The van der Waals surface area contributed by atoms with Crippen LogP contribution in [0.2, 0.25) is 0 Å². The molecule has 152 valence electrons. The molecule has 0 bridgehead atoms. The average Bonchev–Trinajstić information content (AvgIpc) is 2.74. The summed E-state index contributed by atoms with van der Waals surface area (Å²) in [5.74, 6) is 1.47. The van der Waals surface area contributed by atoms with Gasteiger partial charge >= 0.3 is 0 Å². The Morgan fingerprint density at radius 2 is 1.24 bits per heavy atom. The van der Waals surface area contributed by atoms with Gasteiger partial charge in [0, 0.05) is 13.1 Å². The molecule has 0 fully saturated rings. The van der Waals surface area contributed by atoms with Crippen LogP contribution in [0, 0.1) is 6.92 Å². The molecule has 0 saturated carbocycles. The molecule has 0 aliphatic rings. The number of ether oxygens (including phenoxy) is 2. The van der Waals surface area contributed by atoms with Gasteiger partial charge < -0.3 is 9.47 Å². The maximum Gasteiger partial charge on any atom is 0.243 e. The fourth-order valence-electron chi connectivity index (χ4n) is 3.02. The van der Waals surface area contributed by atoms with E-state index < -0.39 is 10.0 Å². The Morgan fingerprint density at radius 1 is 0.759 bits per heavy atom. The van der Waals surface area contributed by atoms with Gasteiger partial charge in [-0.25, -0.2) is 8.42 Å². The van der Waals surface area contributed by atoms with E-state index in [9.17, 15) is 8.42 Å². The summed E-state index contributed by atoms with van der Waals surface area (Å²) < 4.78 is 38.7. The Bertz CT molecular complexity index is 995. The highest BCUT2D eigenvalue weighted by atomic mass is 32.2. The van der Waals surface area contributed by atoms with Crippen LogP contribution >= 0.6 is 0 Å². The second kappa shape index (κ2) is 9.11. The molecule has 0 N–H and O–H groups in total. The number of aryl methyl sites for hydroxylation is 1. The van der Waals surface area contributed by atoms with E-state index in [-0.39, 0.29) is 13.1 Å². The van der Waals surface area contributed by atoms with Crippen LogP contribution < -0.4 is 9.47 Å². The number of rotatable bonds is 8. The van der Waals surface area contributed by atoms with Gasteiger partial charge in [-0.3, -0.25) is 0 Å². The third-order valence-corrected chi connectivity index (χ3v) is 6.45. The van der Waals surface area contributed by atoms with E-state index >= 15 is 0 Å². The second-order valence-corrected chi connectivity index (χ2v) is 8.72. The molecule has 0 radical (unpaired) electrons. The Labute approximate surface area is 172 Å². The zero-order valence-corrected chi connectivity index (χ0v) is 17.6. The lowest BCUT2D eigenvalue weighted by Crippen LogP contribution is -2.30. The van der Waals surface area contributed by atoms with E-state index in [1.807, 2.05) is 61.5 Å². The van der Waals surface area contributed by atoms with Crippen LogP contribution in [0.1, 0.15) is 16.7 Å². The minimum Gasteiger partial charge on any atom is -0.497 e. The molecule has 5 nitrogen and oxygen atoms in total. The van der Waals surface area contributed by atoms with Gasteiger partial charge in [-0.05, 0) is 60.0 Å². The zero-order valence-electron chi connectivity index (χ0n) is 16.8. The van der Waals surface area contributed by atoms with Crippen molar-refractivity contribution in [2.24, 2.45) is 0 Å². The van der Waals surface area contributed by atoms with Crippen molar-refractivity contribution in [3.8, 4) is 11.5 Å². The summed E-state index contributed by atoms with van der Waals surface area (Å²) in [4.78, 5) is 0.291. The van der Waals surface area contributed by atoms with Gasteiger partial charge in [0.2, 0.25) is 10.0 Å². The summed E-state index contributed by atoms with van der Waals surface area (Å²) in [5, 5.41) is 0. The molecule has 0 aliphatic heterocycles. The van der Waals surface area contributed by atoms with Crippen molar-refractivity contribution in [2.45, 2.75) is 24.9 Å². The van der Waals surface area contributed by atoms with Gasteiger partial charge in [-0.2, -0.15) is 4.31 Å². The number of benzene rings is 3. The highest BCUT2D eigenvalue weighted by Crippen LogP contribution is 2.23. The summed E-state index contributed by atoms with van der Waals surface area (Å²) in [5.41, 5.74) is 2.67. The van der Waals surface area contributed by atoms with Crippen molar-refractivity contribution < 1.29 is 17.9 Å². The molecule has 3 aromatic rings. The molecule has 3 rings (SSSR count). The van der Waals surface area contributed by atoms with Crippen LogP contribution in [0.4, 0.5) is 0 Å². The third-order valence-electron chi connectivity index (χ3n) is 4.66. The molecule has 0 unspecified atom stereocenters. The molecular weight excluding hydrogens is 386 g/mol. The quantitative estimate of drug-likeness (QED) is 0.551. The van der Waals surface area contributed by atoms with Crippen molar-refractivity contribution in [3.63, 3.8) is 0 Å². The first-order valence-electron chi connectivity index (χ1n) is 9.25. The molecule has 3 aromatic carbocycles. The minimum atomic E-state index is -3.68. The number of sulfonamides is 1. The predicted octanol–water partition coefficient (Wildman–Crippen LogP) is 4.40. The number of hydrogen-bond donors (Lipinski definition) is 0. The minimum absolute atomic E-state index is 0.256. The Hall–Kier alpha value is -2.83. The molecule has 0 amide bonds. The van der Waals surface area contributed by atoms with Crippen molar-refractivity contribution in [1.29, 1.82) is 0 Å². The monoisotopic (exact) mass is 411 g/mol. The van der Waals surface area contributed by atoms with E-state index in [0.717, 1.165) is 28.2 Å². The van der Waals surface area contributed by atoms with Gasteiger partial charge in [-0.15, -0.1) is 0 Å².